The maximum atomic E-state index is 10.4. The van der Waals surface area contributed by atoms with Gasteiger partial charge in [0.2, 0.25) is 0 Å². The van der Waals surface area contributed by atoms with E-state index in [4.69, 9.17) is 10.8 Å². The van der Waals surface area contributed by atoms with Gasteiger partial charge in [0, 0.05) is 6.42 Å². The molecule has 0 saturated heterocycles. The van der Waals surface area contributed by atoms with E-state index in [1.54, 1.807) is 0 Å². The summed E-state index contributed by atoms with van der Waals surface area (Å²) in [5.74, 6) is 2.73. The molecule has 0 aliphatic heterocycles. The quantitative estimate of drug-likeness (QED) is 0.369. The molecule has 0 aliphatic carbocycles. The third-order valence-corrected chi connectivity index (χ3v) is 8.17. The number of hydrogen-bond donors (Lipinski definition) is 0. The first-order chi connectivity index (χ1) is 7.51. The van der Waals surface area contributed by atoms with Crippen LogP contribution in [0.3, 0.4) is 0 Å². The SMILES string of the molecule is C#CC(C)(CCC=O)O[Si](CC)(CC)CC. The number of rotatable bonds is 8. The minimum absolute atomic E-state index is 0.475. The van der Waals surface area contributed by atoms with Gasteiger partial charge in [-0.2, -0.15) is 0 Å². The molecule has 16 heavy (non-hydrogen) atoms. The van der Waals surface area contributed by atoms with Crippen molar-refractivity contribution in [1.29, 1.82) is 0 Å². The van der Waals surface area contributed by atoms with Crippen LogP contribution in [0.2, 0.25) is 18.1 Å². The van der Waals surface area contributed by atoms with Gasteiger partial charge in [0.15, 0.2) is 8.32 Å². The third kappa shape index (κ3) is 4.11. The number of carbonyl (C=O) groups is 1. The molecule has 0 aliphatic rings. The summed E-state index contributed by atoms with van der Waals surface area (Å²) in [6.45, 7) is 8.46. The first-order valence-corrected chi connectivity index (χ1v) is 8.66. The molecule has 1 unspecified atom stereocenters. The molecule has 0 rings (SSSR count). The monoisotopic (exact) mass is 240 g/mol. The highest BCUT2D eigenvalue weighted by Crippen LogP contribution is 2.29. The second kappa shape index (κ2) is 6.88. The molecule has 0 radical (unpaired) electrons. The van der Waals surface area contributed by atoms with Crippen LogP contribution in [0.4, 0.5) is 0 Å². The maximum absolute atomic E-state index is 10.4. The Kier molecular flexibility index (Phi) is 6.62. The van der Waals surface area contributed by atoms with Crippen molar-refractivity contribution in [2.24, 2.45) is 0 Å². The average molecular weight is 240 g/mol. The molecule has 0 amide bonds. The summed E-state index contributed by atoms with van der Waals surface area (Å²) in [6, 6.07) is 3.25. The van der Waals surface area contributed by atoms with Gasteiger partial charge in [-0.15, -0.1) is 6.42 Å². The van der Waals surface area contributed by atoms with Crippen LogP contribution in [-0.4, -0.2) is 20.2 Å². The summed E-state index contributed by atoms with van der Waals surface area (Å²) in [4.78, 5) is 10.4. The average Bonchev–Trinajstić information content (AvgIpc) is 2.34. The molecular weight excluding hydrogens is 216 g/mol. The lowest BCUT2D eigenvalue weighted by molar-refractivity contribution is -0.108. The van der Waals surface area contributed by atoms with Crippen molar-refractivity contribution in [3.8, 4) is 12.3 Å². The Morgan fingerprint density at radius 2 is 1.81 bits per heavy atom. The second-order valence-electron chi connectivity index (χ2n) is 4.43. The van der Waals surface area contributed by atoms with E-state index in [1.807, 2.05) is 6.92 Å². The largest absolute Gasteiger partial charge is 0.401 e. The van der Waals surface area contributed by atoms with Crippen LogP contribution in [0.15, 0.2) is 0 Å². The number of terminal acetylenes is 1. The summed E-state index contributed by atoms with van der Waals surface area (Å²) in [5, 5.41) is 0. The highest BCUT2D eigenvalue weighted by atomic mass is 28.4. The zero-order chi connectivity index (χ0) is 12.7. The van der Waals surface area contributed by atoms with Gasteiger partial charge in [-0.25, -0.2) is 0 Å². The highest BCUT2D eigenvalue weighted by Gasteiger charge is 2.36. The zero-order valence-corrected chi connectivity index (χ0v) is 12.0. The molecule has 3 heteroatoms. The lowest BCUT2D eigenvalue weighted by Crippen LogP contribution is -2.45. The predicted molar refractivity (Wildman–Crippen MR) is 70.8 cm³/mol. The molecule has 0 heterocycles. The Morgan fingerprint density at radius 1 is 1.31 bits per heavy atom. The standard InChI is InChI=1S/C13H24O2Si/c1-6-13(5,11-10-12-14)15-16(7-2,8-3)9-4/h1,12H,7-11H2,2-5H3. The van der Waals surface area contributed by atoms with E-state index in [2.05, 4.69) is 26.7 Å². The summed E-state index contributed by atoms with van der Waals surface area (Å²) in [5.41, 5.74) is -0.560. The van der Waals surface area contributed by atoms with Crippen LogP contribution >= 0.6 is 0 Å². The van der Waals surface area contributed by atoms with Gasteiger partial charge in [0.25, 0.3) is 0 Å². The molecule has 0 aromatic rings. The summed E-state index contributed by atoms with van der Waals surface area (Å²) in [7, 11) is -1.68. The van der Waals surface area contributed by atoms with Gasteiger partial charge < -0.3 is 9.22 Å². The molecule has 92 valence electrons. The fourth-order valence-corrected chi connectivity index (χ4v) is 4.98. The first-order valence-electron chi connectivity index (χ1n) is 6.13. The summed E-state index contributed by atoms with van der Waals surface area (Å²) >= 11 is 0. The van der Waals surface area contributed by atoms with Gasteiger partial charge in [0.05, 0.1) is 0 Å². The van der Waals surface area contributed by atoms with Gasteiger partial charge in [0.1, 0.15) is 11.9 Å². The van der Waals surface area contributed by atoms with Crippen molar-refractivity contribution in [3.05, 3.63) is 0 Å². The smallest absolute Gasteiger partial charge is 0.194 e. The normalized spacial score (nSPS) is 15.2. The van der Waals surface area contributed by atoms with E-state index in [0.717, 1.165) is 24.4 Å². The van der Waals surface area contributed by atoms with Gasteiger partial charge in [-0.05, 0) is 31.5 Å². The van der Waals surface area contributed by atoms with Gasteiger partial charge in [-0.3, -0.25) is 0 Å². The number of carbonyl (C=O) groups excluding carboxylic acids is 1. The Labute approximate surface area is 101 Å². The summed E-state index contributed by atoms with van der Waals surface area (Å²) < 4.78 is 6.27. The molecular formula is C13H24O2Si. The minimum Gasteiger partial charge on any atom is -0.401 e. The Bertz CT molecular complexity index is 245. The molecule has 0 fully saturated rings. The Balaban J connectivity index is 4.73. The topological polar surface area (TPSA) is 26.3 Å². The number of hydrogen-bond acceptors (Lipinski definition) is 2. The van der Waals surface area contributed by atoms with Crippen LogP contribution in [0.5, 0.6) is 0 Å². The fraction of sp³-hybridized carbons (Fsp3) is 0.769. The predicted octanol–water partition coefficient (Wildman–Crippen LogP) is 3.38. The molecule has 0 aromatic heterocycles. The van der Waals surface area contributed by atoms with Crippen LogP contribution < -0.4 is 0 Å². The first kappa shape index (κ1) is 15.4. The lowest BCUT2D eigenvalue weighted by Gasteiger charge is -2.37. The minimum atomic E-state index is -1.68. The Morgan fingerprint density at radius 3 is 2.12 bits per heavy atom. The van der Waals surface area contributed by atoms with Crippen molar-refractivity contribution in [2.45, 2.75) is 64.3 Å². The third-order valence-electron chi connectivity index (χ3n) is 3.42. The second-order valence-corrected chi connectivity index (χ2v) is 9.12. The molecule has 0 aromatic carbocycles. The van der Waals surface area contributed by atoms with Crippen LogP contribution in [0.1, 0.15) is 40.5 Å². The van der Waals surface area contributed by atoms with Crippen molar-refractivity contribution < 1.29 is 9.22 Å². The van der Waals surface area contributed by atoms with E-state index in [0.29, 0.717) is 12.8 Å². The van der Waals surface area contributed by atoms with Gasteiger partial charge in [-0.1, -0.05) is 26.7 Å². The van der Waals surface area contributed by atoms with E-state index in [9.17, 15) is 4.79 Å². The van der Waals surface area contributed by atoms with E-state index in [1.165, 1.54) is 0 Å². The lowest BCUT2D eigenvalue weighted by atomic mass is 10.0. The van der Waals surface area contributed by atoms with Crippen molar-refractivity contribution in [3.63, 3.8) is 0 Å². The van der Waals surface area contributed by atoms with Crippen LogP contribution in [-0.2, 0) is 9.22 Å². The zero-order valence-electron chi connectivity index (χ0n) is 11.0. The van der Waals surface area contributed by atoms with Crippen molar-refractivity contribution in [1.82, 2.24) is 0 Å². The van der Waals surface area contributed by atoms with E-state index >= 15 is 0 Å². The van der Waals surface area contributed by atoms with Crippen LogP contribution in [0, 0.1) is 12.3 Å². The Hall–Kier alpha value is -0.593. The fourth-order valence-electron chi connectivity index (χ4n) is 1.93. The molecule has 0 spiro atoms. The van der Waals surface area contributed by atoms with Crippen LogP contribution in [0.25, 0.3) is 0 Å². The van der Waals surface area contributed by atoms with Gasteiger partial charge >= 0.3 is 0 Å². The van der Waals surface area contributed by atoms with E-state index < -0.39 is 13.9 Å². The van der Waals surface area contributed by atoms with Crippen molar-refractivity contribution in [2.75, 3.05) is 0 Å². The maximum Gasteiger partial charge on any atom is 0.194 e. The number of aldehydes is 1. The summed E-state index contributed by atoms with van der Waals surface area (Å²) in [6.07, 6.45) is 7.56. The highest BCUT2D eigenvalue weighted by molar-refractivity contribution is 6.73. The molecule has 2 nitrogen and oxygen atoms in total. The van der Waals surface area contributed by atoms with Crippen molar-refractivity contribution >= 4 is 14.6 Å². The van der Waals surface area contributed by atoms with E-state index in [-0.39, 0.29) is 0 Å². The molecule has 1 atom stereocenters. The molecule has 0 N–H and O–H groups in total. The molecule has 0 saturated carbocycles. The molecule has 0 bridgehead atoms.